The average Bonchev–Trinajstić information content (AvgIpc) is 3.03. The minimum atomic E-state index is -0.179. The molecule has 4 rings (SSSR count). The van der Waals surface area contributed by atoms with E-state index in [1.807, 2.05) is 38.1 Å². The first-order valence-electron chi connectivity index (χ1n) is 8.91. The number of nitrogens with one attached hydrogen (secondary N) is 2. The Morgan fingerprint density at radius 2 is 2.19 bits per heavy atom. The second-order valence-corrected chi connectivity index (χ2v) is 6.77. The molecular formula is C20H22N4O3. The molecule has 3 aromatic rings. The lowest BCUT2D eigenvalue weighted by molar-refractivity contribution is 0.200. The SMILES string of the molecule is Cc1c(NC(=O)N2CCOc3ccc(CO)cc3C2)cc2[nH]cnc2c1C. The third-order valence-corrected chi connectivity index (χ3v) is 5.10. The fraction of sp³-hybridized carbons (Fsp3) is 0.300. The first kappa shape index (κ1) is 17.4. The van der Waals surface area contributed by atoms with Crippen LogP contribution in [0.25, 0.3) is 11.0 Å². The maximum absolute atomic E-state index is 12.9. The molecule has 140 valence electrons. The highest BCUT2D eigenvalue weighted by Gasteiger charge is 2.21. The third kappa shape index (κ3) is 3.21. The fourth-order valence-corrected chi connectivity index (χ4v) is 3.39. The van der Waals surface area contributed by atoms with Crippen molar-refractivity contribution in [3.05, 3.63) is 52.8 Å². The van der Waals surface area contributed by atoms with Gasteiger partial charge in [0.05, 0.1) is 37.1 Å². The summed E-state index contributed by atoms with van der Waals surface area (Å²) in [6, 6.07) is 7.30. The van der Waals surface area contributed by atoms with Crippen molar-refractivity contribution in [1.29, 1.82) is 0 Å². The smallest absolute Gasteiger partial charge is 0.322 e. The van der Waals surface area contributed by atoms with Crippen molar-refractivity contribution in [1.82, 2.24) is 14.9 Å². The molecule has 0 saturated carbocycles. The van der Waals surface area contributed by atoms with Crippen LogP contribution in [0.2, 0.25) is 0 Å². The van der Waals surface area contributed by atoms with Gasteiger partial charge in [-0.2, -0.15) is 0 Å². The maximum atomic E-state index is 12.9. The van der Waals surface area contributed by atoms with Crippen LogP contribution >= 0.6 is 0 Å². The van der Waals surface area contributed by atoms with Crippen LogP contribution in [0.1, 0.15) is 22.3 Å². The number of amides is 2. The number of carbonyl (C=O) groups excluding carboxylic acids is 1. The molecule has 1 aromatic heterocycles. The quantitative estimate of drug-likeness (QED) is 0.650. The zero-order valence-electron chi connectivity index (χ0n) is 15.4. The van der Waals surface area contributed by atoms with Gasteiger partial charge < -0.3 is 25.0 Å². The zero-order valence-corrected chi connectivity index (χ0v) is 15.4. The highest BCUT2D eigenvalue weighted by Crippen LogP contribution is 2.28. The lowest BCUT2D eigenvalue weighted by Gasteiger charge is -2.21. The molecule has 2 aromatic carbocycles. The van der Waals surface area contributed by atoms with E-state index in [0.29, 0.717) is 19.7 Å². The van der Waals surface area contributed by atoms with E-state index in [9.17, 15) is 9.90 Å². The van der Waals surface area contributed by atoms with E-state index < -0.39 is 0 Å². The summed E-state index contributed by atoms with van der Waals surface area (Å²) in [5, 5.41) is 12.4. The summed E-state index contributed by atoms with van der Waals surface area (Å²) in [5.74, 6) is 0.758. The lowest BCUT2D eigenvalue weighted by Crippen LogP contribution is -2.36. The molecule has 2 amide bonds. The number of fused-ring (bicyclic) bond motifs is 2. The van der Waals surface area contributed by atoms with E-state index in [-0.39, 0.29) is 12.6 Å². The minimum absolute atomic E-state index is 0.0395. The van der Waals surface area contributed by atoms with Crippen LogP contribution in [0.4, 0.5) is 10.5 Å². The van der Waals surface area contributed by atoms with Crippen LogP contribution in [0.5, 0.6) is 5.75 Å². The Kier molecular flexibility index (Phi) is 4.45. The molecule has 3 N–H and O–H groups in total. The average molecular weight is 366 g/mol. The van der Waals surface area contributed by atoms with E-state index in [1.54, 1.807) is 11.2 Å². The number of imidazole rings is 1. The molecule has 7 heteroatoms. The molecule has 0 fully saturated rings. The van der Waals surface area contributed by atoms with Gasteiger partial charge in [-0.15, -0.1) is 0 Å². The molecule has 1 aliphatic heterocycles. The van der Waals surface area contributed by atoms with Gasteiger partial charge in [-0.25, -0.2) is 9.78 Å². The Labute approximate surface area is 157 Å². The Balaban J connectivity index is 1.58. The Morgan fingerprint density at radius 3 is 3.00 bits per heavy atom. The van der Waals surface area contributed by atoms with Gasteiger partial charge in [0.15, 0.2) is 0 Å². The predicted molar refractivity (Wildman–Crippen MR) is 103 cm³/mol. The van der Waals surface area contributed by atoms with E-state index in [4.69, 9.17) is 4.74 Å². The van der Waals surface area contributed by atoms with Gasteiger partial charge in [0.1, 0.15) is 12.4 Å². The molecule has 0 bridgehead atoms. The van der Waals surface area contributed by atoms with Crippen LogP contribution in [0, 0.1) is 13.8 Å². The topological polar surface area (TPSA) is 90.5 Å². The number of hydrogen-bond donors (Lipinski definition) is 3. The number of hydrogen-bond acceptors (Lipinski definition) is 4. The summed E-state index contributed by atoms with van der Waals surface area (Å²) in [5.41, 5.74) is 6.31. The van der Waals surface area contributed by atoms with Crippen molar-refractivity contribution >= 4 is 22.8 Å². The van der Waals surface area contributed by atoms with E-state index in [0.717, 1.165) is 44.7 Å². The highest BCUT2D eigenvalue weighted by molar-refractivity contribution is 5.94. The van der Waals surface area contributed by atoms with E-state index >= 15 is 0 Å². The van der Waals surface area contributed by atoms with Crippen LogP contribution < -0.4 is 10.1 Å². The van der Waals surface area contributed by atoms with E-state index in [2.05, 4.69) is 15.3 Å². The number of aromatic amines is 1. The first-order chi connectivity index (χ1) is 13.1. The van der Waals surface area contributed by atoms with Crippen LogP contribution in [-0.2, 0) is 13.2 Å². The van der Waals surface area contributed by atoms with Gasteiger partial charge in [-0.3, -0.25) is 0 Å². The minimum Gasteiger partial charge on any atom is -0.491 e. The summed E-state index contributed by atoms with van der Waals surface area (Å²) in [6.07, 6.45) is 1.66. The number of benzene rings is 2. The maximum Gasteiger partial charge on any atom is 0.322 e. The number of aromatic nitrogens is 2. The molecule has 1 aliphatic rings. The monoisotopic (exact) mass is 366 g/mol. The van der Waals surface area contributed by atoms with Gasteiger partial charge in [-0.1, -0.05) is 6.07 Å². The highest BCUT2D eigenvalue weighted by atomic mass is 16.5. The van der Waals surface area contributed by atoms with Gasteiger partial charge in [0.25, 0.3) is 0 Å². The van der Waals surface area contributed by atoms with Crippen molar-refractivity contribution in [2.75, 3.05) is 18.5 Å². The zero-order chi connectivity index (χ0) is 19.0. The van der Waals surface area contributed by atoms with E-state index in [1.165, 1.54) is 0 Å². The number of carbonyl (C=O) groups is 1. The number of urea groups is 1. The number of rotatable bonds is 2. The van der Waals surface area contributed by atoms with Crippen LogP contribution in [0.3, 0.4) is 0 Å². The van der Waals surface area contributed by atoms with Crippen molar-refractivity contribution in [2.45, 2.75) is 27.0 Å². The molecule has 0 atom stereocenters. The van der Waals surface area contributed by atoms with Crippen molar-refractivity contribution in [2.24, 2.45) is 0 Å². The number of aliphatic hydroxyl groups is 1. The second kappa shape index (κ2) is 6.92. The number of aryl methyl sites for hydroxylation is 1. The summed E-state index contributed by atoms with van der Waals surface area (Å²) >= 11 is 0. The van der Waals surface area contributed by atoms with Crippen LogP contribution in [-0.4, -0.2) is 39.2 Å². The van der Waals surface area contributed by atoms with Gasteiger partial charge in [0, 0.05) is 11.3 Å². The molecule has 0 spiro atoms. The van der Waals surface area contributed by atoms with Gasteiger partial charge >= 0.3 is 6.03 Å². The number of H-pyrrole nitrogens is 1. The molecule has 0 saturated heterocycles. The second-order valence-electron chi connectivity index (χ2n) is 6.77. The molecule has 27 heavy (non-hydrogen) atoms. The molecule has 0 unspecified atom stereocenters. The third-order valence-electron chi connectivity index (χ3n) is 5.10. The Hall–Kier alpha value is -3.06. The fourth-order valence-electron chi connectivity index (χ4n) is 3.39. The number of anilines is 1. The Morgan fingerprint density at radius 1 is 1.33 bits per heavy atom. The predicted octanol–water partition coefficient (Wildman–Crippen LogP) is 3.10. The molecule has 0 radical (unpaired) electrons. The Bertz CT molecular complexity index is 1010. The van der Waals surface area contributed by atoms with Crippen molar-refractivity contribution < 1.29 is 14.6 Å². The summed E-state index contributed by atoms with van der Waals surface area (Å²) in [6.45, 7) is 5.28. The molecular weight excluding hydrogens is 344 g/mol. The number of aliphatic hydroxyl groups excluding tert-OH is 1. The summed E-state index contributed by atoms with van der Waals surface area (Å²) < 4.78 is 5.75. The summed E-state index contributed by atoms with van der Waals surface area (Å²) in [7, 11) is 0. The first-order valence-corrected chi connectivity index (χ1v) is 8.91. The lowest BCUT2D eigenvalue weighted by atomic mass is 10.1. The summed E-state index contributed by atoms with van der Waals surface area (Å²) in [4.78, 5) is 22.1. The number of nitrogens with zero attached hydrogens (tertiary/aromatic N) is 2. The number of ether oxygens (including phenoxy) is 1. The van der Waals surface area contributed by atoms with Crippen LogP contribution in [0.15, 0.2) is 30.6 Å². The normalized spacial score (nSPS) is 13.8. The standard InChI is InChI=1S/C20H22N4O3/c1-12-13(2)19-17(21-11-22-19)8-16(12)23-20(26)24-5-6-27-18-4-3-14(10-25)7-15(18)9-24/h3-4,7-8,11,25H,5-6,9-10H2,1-2H3,(H,21,22)(H,23,26). The molecule has 2 heterocycles. The molecule has 7 nitrogen and oxygen atoms in total. The van der Waals surface area contributed by atoms with Gasteiger partial charge in [0.2, 0.25) is 0 Å². The largest absolute Gasteiger partial charge is 0.491 e. The van der Waals surface area contributed by atoms with Crippen molar-refractivity contribution in [3.8, 4) is 5.75 Å². The van der Waals surface area contributed by atoms with Crippen molar-refractivity contribution in [3.63, 3.8) is 0 Å². The molecule has 0 aliphatic carbocycles. The van der Waals surface area contributed by atoms with Gasteiger partial charge in [-0.05, 0) is 48.7 Å².